The maximum atomic E-state index is 12.5. The average molecular weight is 407 g/mol. The molecule has 0 aliphatic heterocycles. The van der Waals surface area contributed by atoms with E-state index in [1.54, 1.807) is 0 Å². The number of hydrogen-bond acceptors (Lipinski definition) is 5. The molecular formula is C22H22N4O2S. The molecule has 1 amide bonds. The number of benzene rings is 2. The Morgan fingerprint density at radius 1 is 1.17 bits per heavy atom. The van der Waals surface area contributed by atoms with E-state index in [4.69, 9.17) is 4.42 Å². The van der Waals surface area contributed by atoms with Gasteiger partial charge >= 0.3 is 0 Å². The van der Waals surface area contributed by atoms with Crippen molar-refractivity contribution in [3.63, 3.8) is 0 Å². The Bertz CT molecular complexity index is 1150. The smallest absolute Gasteiger partial charge is 0.234 e. The van der Waals surface area contributed by atoms with Crippen LogP contribution in [0.5, 0.6) is 0 Å². The molecule has 0 aliphatic rings. The van der Waals surface area contributed by atoms with Crippen LogP contribution in [0.1, 0.15) is 18.1 Å². The van der Waals surface area contributed by atoms with Crippen molar-refractivity contribution < 1.29 is 9.21 Å². The Morgan fingerprint density at radius 3 is 2.79 bits per heavy atom. The minimum Gasteiger partial charge on any atom is -0.453 e. The van der Waals surface area contributed by atoms with Gasteiger partial charge < -0.3 is 14.3 Å². The Balaban J connectivity index is 1.46. The number of aryl methyl sites for hydroxylation is 2. The molecule has 0 spiro atoms. The molecule has 0 aliphatic carbocycles. The van der Waals surface area contributed by atoms with E-state index >= 15 is 0 Å². The van der Waals surface area contributed by atoms with Crippen LogP contribution in [0.4, 0.5) is 5.69 Å². The van der Waals surface area contributed by atoms with Gasteiger partial charge in [0, 0.05) is 18.1 Å². The molecule has 2 aromatic carbocycles. The molecule has 0 radical (unpaired) electrons. The number of fused-ring (bicyclic) bond motifs is 1. The van der Waals surface area contributed by atoms with Crippen molar-refractivity contribution in [1.29, 1.82) is 0 Å². The summed E-state index contributed by atoms with van der Waals surface area (Å²) in [6, 6.07) is 15.8. The Labute approximate surface area is 173 Å². The van der Waals surface area contributed by atoms with E-state index in [0.717, 1.165) is 34.2 Å². The summed E-state index contributed by atoms with van der Waals surface area (Å²) in [7, 11) is 1.87. The Hall–Kier alpha value is -3.06. The van der Waals surface area contributed by atoms with Gasteiger partial charge in [0.2, 0.25) is 5.91 Å². The van der Waals surface area contributed by atoms with Gasteiger partial charge in [0.25, 0.3) is 0 Å². The maximum absolute atomic E-state index is 12.5. The number of para-hydroxylation sites is 2. The minimum atomic E-state index is -0.0627. The SMILES string of the molecule is CCc1cccc(C)c1NC(=O)CSc1nnc(-c2cc3ccccc3o2)n1C. The van der Waals surface area contributed by atoms with E-state index < -0.39 is 0 Å². The lowest BCUT2D eigenvalue weighted by atomic mass is 10.1. The molecule has 4 aromatic rings. The number of carbonyl (C=O) groups excluding carboxylic acids is 1. The van der Waals surface area contributed by atoms with Crippen LogP contribution < -0.4 is 5.32 Å². The third-order valence-corrected chi connectivity index (χ3v) is 5.84. The van der Waals surface area contributed by atoms with E-state index in [1.807, 2.05) is 67.1 Å². The summed E-state index contributed by atoms with van der Waals surface area (Å²) in [5.41, 5.74) is 3.91. The first kappa shape index (κ1) is 19.3. The molecule has 148 valence electrons. The summed E-state index contributed by atoms with van der Waals surface area (Å²) in [5.74, 6) is 1.48. The highest BCUT2D eigenvalue weighted by Crippen LogP contribution is 2.28. The van der Waals surface area contributed by atoms with Crippen LogP contribution in [0.25, 0.3) is 22.6 Å². The molecule has 1 N–H and O–H groups in total. The monoisotopic (exact) mass is 406 g/mol. The molecule has 0 atom stereocenters. The second kappa shape index (κ2) is 8.13. The number of hydrogen-bond donors (Lipinski definition) is 1. The van der Waals surface area contributed by atoms with Gasteiger partial charge in [0.05, 0.1) is 5.75 Å². The first-order chi connectivity index (χ1) is 14.1. The summed E-state index contributed by atoms with van der Waals surface area (Å²) in [6.45, 7) is 4.09. The third-order valence-electron chi connectivity index (χ3n) is 4.82. The predicted molar refractivity (Wildman–Crippen MR) is 116 cm³/mol. The van der Waals surface area contributed by atoms with E-state index in [9.17, 15) is 4.79 Å². The molecule has 29 heavy (non-hydrogen) atoms. The average Bonchev–Trinajstić information content (AvgIpc) is 3.31. The van der Waals surface area contributed by atoms with E-state index in [-0.39, 0.29) is 11.7 Å². The molecule has 2 heterocycles. The lowest BCUT2D eigenvalue weighted by molar-refractivity contribution is -0.113. The van der Waals surface area contributed by atoms with Crippen LogP contribution in [-0.2, 0) is 18.3 Å². The summed E-state index contributed by atoms with van der Waals surface area (Å²) >= 11 is 1.35. The van der Waals surface area contributed by atoms with Crippen molar-refractivity contribution in [3.8, 4) is 11.6 Å². The van der Waals surface area contributed by atoms with Crippen LogP contribution in [-0.4, -0.2) is 26.4 Å². The van der Waals surface area contributed by atoms with Gasteiger partial charge in [-0.15, -0.1) is 10.2 Å². The highest BCUT2D eigenvalue weighted by Gasteiger charge is 2.17. The van der Waals surface area contributed by atoms with Crippen LogP contribution in [0, 0.1) is 6.92 Å². The number of anilines is 1. The Morgan fingerprint density at radius 2 is 2.00 bits per heavy atom. The number of amides is 1. The number of carbonyl (C=O) groups is 1. The largest absolute Gasteiger partial charge is 0.453 e. The van der Waals surface area contributed by atoms with Gasteiger partial charge in [-0.2, -0.15) is 0 Å². The molecule has 0 unspecified atom stereocenters. The maximum Gasteiger partial charge on any atom is 0.234 e. The number of nitrogens with zero attached hydrogens (tertiary/aromatic N) is 3. The molecule has 4 rings (SSSR count). The number of thioether (sulfide) groups is 1. The normalized spacial score (nSPS) is 11.1. The molecule has 0 fully saturated rings. The fraction of sp³-hybridized carbons (Fsp3) is 0.227. The van der Waals surface area contributed by atoms with Crippen LogP contribution >= 0.6 is 11.8 Å². The summed E-state index contributed by atoms with van der Waals surface area (Å²) in [6.07, 6.45) is 0.870. The van der Waals surface area contributed by atoms with Crippen molar-refractivity contribution in [2.45, 2.75) is 25.4 Å². The van der Waals surface area contributed by atoms with Crippen molar-refractivity contribution in [3.05, 3.63) is 59.7 Å². The number of nitrogens with one attached hydrogen (secondary N) is 1. The zero-order valence-electron chi connectivity index (χ0n) is 16.6. The van der Waals surface area contributed by atoms with Gasteiger partial charge in [0.1, 0.15) is 5.58 Å². The van der Waals surface area contributed by atoms with Crippen LogP contribution in [0.2, 0.25) is 0 Å². The third kappa shape index (κ3) is 3.91. The van der Waals surface area contributed by atoms with Crippen molar-refractivity contribution in [1.82, 2.24) is 14.8 Å². The zero-order valence-corrected chi connectivity index (χ0v) is 17.4. The van der Waals surface area contributed by atoms with Gasteiger partial charge in [-0.3, -0.25) is 4.79 Å². The summed E-state index contributed by atoms with van der Waals surface area (Å²) < 4.78 is 7.73. The first-order valence-corrected chi connectivity index (χ1v) is 10.4. The fourth-order valence-corrected chi connectivity index (χ4v) is 3.97. The molecule has 6 nitrogen and oxygen atoms in total. The predicted octanol–water partition coefficient (Wildman–Crippen LogP) is 4.83. The molecule has 7 heteroatoms. The van der Waals surface area contributed by atoms with Gasteiger partial charge in [-0.25, -0.2) is 0 Å². The molecule has 0 bridgehead atoms. The number of rotatable bonds is 6. The highest BCUT2D eigenvalue weighted by molar-refractivity contribution is 7.99. The van der Waals surface area contributed by atoms with E-state index in [1.165, 1.54) is 11.8 Å². The van der Waals surface area contributed by atoms with Crippen molar-refractivity contribution in [2.75, 3.05) is 11.1 Å². The topological polar surface area (TPSA) is 73.0 Å². The van der Waals surface area contributed by atoms with Gasteiger partial charge in [-0.1, -0.05) is 55.1 Å². The number of furan rings is 1. The zero-order chi connectivity index (χ0) is 20.4. The van der Waals surface area contributed by atoms with E-state index in [0.29, 0.717) is 16.7 Å². The van der Waals surface area contributed by atoms with Crippen LogP contribution in [0.15, 0.2) is 58.1 Å². The van der Waals surface area contributed by atoms with E-state index in [2.05, 4.69) is 22.4 Å². The Kier molecular flexibility index (Phi) is 5.40. The number of aromatic nitrogens is 3. The van der Waals surface area contributed by atoms with Gasteiger partial charge in [0.15, 0.2) is 16.7 Å². The standard InChI is InChI=1S/C22H22N4O2S/c1-4-15-10-7-8-14(2)20(15)23-19(27)13-29-22-25-24-21(26(22)3)18-12-16-9-5-6-11-17(16)28-18/h5-12H,4,13H2,1-3H3,(H,23,27). The molecule has 2 aromatic heterocycles. The summed E-state index contributed by atoms with van der Waals surface area (Å²) in [4.78, 5) is 12.5. The first-order valence-electron chi connectivity index (χ1n) is 9.46. The summed E-state index contributed by atoms with van der Waals surface area (Å²) in [5, 5.41) is 13.2. The van der Waals surface area contributed by atoms with Crippen LogP contribution in [0.3, 0.4) is 0 Å². The quantitative estimate of drug-likeness (QED) is 0.464. The molecule has 0 saturated carbocycles. The highest BCUT2D eigenvalue weighted by atomic mass is 32.2. The second-order valence-corrected chi connectivity index (χ2v) is 7.76. The minimum absolute atomic E-state index is 0.0627. The van der Waals surface area contributed by atoms with Gasteiger partial charge in [-0.05, 0) is 36.6 Å². The fourth-order valence-electron chi connectivity index (χ4n) is 3.25. The lowest BCUT2D eigenvalue weighted by Crippen LogP contribution is -2.16. The van der Waals surface area contributed by atoms with Crippen molar-refractivity contribution >= 4 is 34.3 Å². The molecule has 0 saturated heterocycles. The van der Waals surface area contributed by atoms with Crippen molar-refractivity contribution in [2.24, 2.45) is 7.05 Å². The lowest BCUT2D eigenvalue weighted by Gasteiger charge is -2.12. The molecular weight excluding hydrogens is 384 g/mol. The second-order valence-electron chi connectivity index (χ2n) is 6.81.